The van der Waals surface area contributed by atoms with E-state index in [9.17, 15) is 9.90 Å². The van der Waals surface area contributed by atoms with Crippen molar-refractivity contribution in [3.05, 3.63) is 60.2 Å². The Kier molecular flexibility index (Phi) is 3.61. The Hall–Kier alpha value is -2.61. The molecule has 0 saturated carbocycles. The summed E-state index contributed by atoms with van der Waals surface area (Å²) in [6.45, 7) is 2.08. The molecule has 1 atom stereocenters. The number of carbonyl (C=O) groups is 1. The molecule has 0 aliphatic heterocycles. The highest BCUT2D eigenvalue weighted by atomic mass is 16.4. The van der Waals surface area contributed by atoms with Crippen molar-refractivity contribution in [2.45, 2.75) is 32.1 Å². The predicted octanol–water partition coefficient (Wildman–Crippen LogP) is 5.81. The van der Waals surface area contributed by atoms with Gasteiger partial charge in [-0.15, -0.1) is 0 Å². The number of hydrogen-bond acceptors (Lipinski definition) is 1. The molecular formula is C22H19O2. The molecule has 0 fully saturated rings. The molecule has 119 valence electrons. The molecule has 2 heteroatoms. The number of benzene rings is 4. The standard InChI is InChI=1S/C22H19O2/c1-2-3-7-19(22(23)24)17-12-10-16-9-8-14-5-4-6-15-11-13-18(17)21(16)20(14)15/h4-6,8-13,19H,2-3,7H2,1H3. The number of unbranched alkanes of at least 4 members (excludes halogenated alkanes) is 1. The fraction of sp³-hybridized carbons (Fsp3) is 0.227. The normalized spacial score (nSPS) is 13.0. The summed E-state index contributed by atoms with van der Waals surface area (Å²) < 4.78 is 0. The lowest BCUT2D eigenvalue weighted by Crippen LogP contribution is -2.11. The third kappa shape index (κ3) is 2.22. The number of hydrogen-bond donors (Lipinski definition) is 0. The zero-order valence-electron chi connectivity index (χ0n) is 13.7. The lowest BCUT2D eigenvalue weighted by molar-refractivity contribution is -0.145. The average molecular weight is 315 g/mol. The summed E-state index contributed by atoms with van der Waals surface area (Å²) in [6, 6.07) is 18.7. The summed E-state index contributed by atoms with van der Waals surface area (Å²) in [7, 11) is 0. The minimum absolute atomic E-state index is 0.547. The first-order chi connectivity index (χ1) is 11.7. The largest absolute Gasteiger partial charge is 0.362 e. The van der Waals surface area contributed by atoms with Crippen LogP contribution in [0.2, 0.25) is 0 Å². The van der Waals surface area contributed by atoms with E-state index in [2.05, 4.69) is 49.4 Å². The predicted molar refractivity (Wildman–Crippen MR) is 98.1 cm³/mol. The molecule has 0 aromatic heterocycles. The molecule has 1 radical (unpaired) electrons. The van der Waals surface area contributed by atoms with Crippen molar-refractivity contribution in [1.29, 1.82) is 0 Å². The number of rotatable bonds is 5. The first-order valence-electron chi connectivity index (χ1n) is 8.58. The van der Waals surface area contributed by atoms with Gasteiger partial charge in [0.1, 0.15) is 0 Å². The molecule has 0 aliphatic rings. The van der Waals surface area contributed by atoms with Gasteiger partial charge in [0.2, 0.25) is 0 Å². The molecule has 4 aromatic rings. The van der Waals surface area contributed by atoms with Gasteiger partial charge in [-0.25, -0.2) is 9.90 Å². The molecule has 2 nitrogen and oxygen atoms in total. The lowest BCUT2D eigenvalue weighted by atomic mass is 9.86. The van der Waals surface area contributed by atoms with Crippen LogP contribution in [-0.4, -0.2) is 5.97 Å². The zero-order valence-corrected chi connectivity index (χ0v) is 13.7. The topological polar surface area (TPSA) is 37.0 Å². The van der Waals surface area contributed by atoms with E-state index in [1.807, 2.05) is 12.1 Å². The maximum absolute atomic E-state index is 11.8. The van der Waals surface area contributed by atoms with Crippen LogP contribution >= 0.6 is 0 Å². The van der Waals surface area contributed by atoms with Gasteiger partial charge in [-0.1, -0.05) is 74.4 Å². The van der Waals surface area contributed by atoms with Crippen LogP contribution in [-0.2, 0) is 9.90 Å². The molecule has 0 N–H and O–H groups in total. The van der Waals surface area contributed by atoms with Gasteiger partial charge in [0.05, 0.1) is 5.92 Å². The van der Waals surface area contributed by atoms with Crippen molar-refractivity contribution < 1.29 is 9.90 Å². The Labute approximate surface area is 141 Å². The van der Waals surface area contributed by atoms with Crippen molar-refractivity contribution in [2.24, 2.45) is 0 Å². The zero-order chi connectivity index (χ0) is 16.7. The lowest BCUT2D eigenvalue weighted by Gasteiger charge is -2.17. The fourth-order valence-corrected chi connectivity index (χ4v) is 3.87. The molecule has 0 spiro atoms. The minimum atomic E-state index is -0.974. The Morgan fingerprint density at radius 1 is 0.875 bits per heavy atom. The Morgan fingerprint density at radius 3 is 2.17 bits per heavy atom. The van der Waals surface area contributed by atoms with Crippen molar-refractivity contribution in [2.75, 3.05) is 0 Å². The maximum Gasteiger partial charge on any atom is 0.362 e. The van der Waals surface area contributed by atoms with E-state index in [0.717, 1.165) is 29.2 Å². The van der Waals surface area contributed by atoms with Crippen LogP contribution in [0.25, 0.3) is 32.3 Å². The Morgan fingerprint density at radius 2 is 1.50 bits per heavy atom. The average Bonchev–Trinajstić information content (AvgIpc) is 2.60. The van der Waals surface area contributed by atoms with E-state index in [1.54, 1.807) is 0 Å². The summed E-state index contributed by atoms with van der Waals surface area (Å²) in [5.41, 5.74) is 0.884. The van der Waals surface area contributed by atoms with Gasteiger partial charge in [-0.05, 0) is 44.3 Å². The molecule has 0 heterocycles. The molecule has 4 aromatic carbocycles. The highest BCUT2D eigenvalue weighted by Gasteiger charge is 2.24. The third-order valence-corrected chi connectivity index (χ3v) is 5.07. The quantitative estimate of drug-likeness (QED) is 0.428. The summed E-state index contributed by atoms with van der Waals surface area (Å²) >= 11 is 0. The van der Waals surface area contributed by atoms with Gasteiger partial charge in [0, 0.05) is 0 Å². The highest BCUT2D eigenvalue weighted by Crippen LogP contribution is 2.38. The SMILES string of the molecule is CCCCC(C([O])=O)c1ccc2ccc3cccc4ccc1c2c34. The van der Waals surface area contributed by atoms with Crippen LogP contribution in [0.1, 0.15) is 37.7 Å². The molecular weight excluding hydrogens is 296 g/mol. The van der Waals surface area contributed by atoms with Gasteiger partial charge in [0.15, 0.2) is 0 Å². The Bertz CT molecular complexity index is 1020. The van der Waals surface area contributed by atoms with Crippen molar-refractivity contribution in [3.63, 3.8) is 0 Å². The third-order valence-electron chi connectivity index (χ3n) is 5.07. The van der Waals surface area contributed by atoms with Gasteiger partial charge < -0.3 is 0 Å². The van der Waals surface area contributed by atoms with Crippen LogP contribution in [0, 0.1) is 0 Å². The molecule has 0 saturated heterocycles. The van der Waals surface area contributed by atoms with E-state index in [0.29, 0.717) is 6.42 Å². The molecule has 24 heavy (non-hydrogen) atoms. The molecule has 4 rings (SSSR count). The van der Waals surface area contributed by atoms with Crippen LogP contribution in [0.5, 0.6) is 0 Å². The van der Waals surface area contributed by atoms with Gasteiger partial charge in [0.25, 0.3) is 0 Å². The monoisotopic (exact) mass is 315 g/mol. The minimum Gasteiger partial charge on any atom is -0.247 e. The molecule has 0 amide bonds. The van der Waals surface area contributed by atoms with E-state index in [-0.39, 0.29) is 0 Å². The van der Waals surface area contributed by atoms with E-state index in [4.69, 9.17) is 0 Å². The van der Waals surface area contributed by atoms with Crippen LogP contribution in [0.15, 0.2) is 54.6 Å². The summed E-state index contributed by atoms with van der Waals surface area (Å²) in [5.74, 6) is -1.52. The van der Waals surface area contributed by atoms with Crippen LogP contribution < -0.4 is 0 Å². The smallest absolute Gasteiger partial charge is 0.247 e. The number of carbonyl (C=O) groups excluding carboxylic acids is 1. The van der Waals surface area contributed by atoms with Gasteiger partial charge in [-0.2, -0.15) is 0 Å². The molecule has 0 bridgehead atoms. The first kappa shape index (κ1) is 14.9. The molecule has 1 unspecified atom stereocenters. The fourth-order valence-electron chi connectivity index (χ4n) is 3.87. The van der Waals surface area contributed by atoms with E-state index >= 15 is 0 Å². The second-order valence-electron chi connectivity index (χ2n) is 6.52. The van der Waals surface area contributed by atoms with Crippen LogP contribution in [0.4, 0.5) is 0 Å². The van der Waals surface area contributed by atoms with E-state index < -0.39 is 11.9 Å². The second kappa shape index (κ2) is 5.79. The molecule has 0 aliphatic carbocycles. The van der Waals surface area contributed by atoms with Gasteiger partial charge >= 0.3 is 5.97 Å². The van der Waals surface area contributed by atoms with Crippen molar-refractivity contribution >= 4 is 38.3 Å². The summed E-state index contributed by atoms with van der Waals surface area (Å²) in [5, 5.41) is 18.7. The Balaban J connectivity index is 2.05. The highest BCUT2D eigenvalue weighted by molar-refractivity contribution is 6.23. The first-order valence-corrected chi connectivity index (χ1v) is 8.58. The second-order valence-corrected chi connectivity index (χ2v) is 6.52. The summed E-state index contributed by atoms with van der Waals surface area (Å²) in [4.78, 5) is 11.8. The van der Waals surface area contributed by atoms with Crippen molar-refractivity contribution in [1.82, 2.24) is 0 Å². The van der Waals surface area contributed by atoms with E-state index in [1.165, 1.54) is 21.5 Å². The van der Waals surface area contributed by atoms with Crippen LogP contribution in [0.3, 0.4) is 0 Å². The maximum atomic E-state index is 11.8. The summed E-state index contributed by atoms with van der Waals surface area (Å²) in [6.07, 6.45) is 2.50. The van der Waals surface area contributed by atoms with Gasteiger partial charge in [-0.3, -0.25) is 0 Å². The van der Waals surface area contributed by atoms with Crippen molar-refractivity contribution in [3.8, 4) is 0 Å².